The molecule has 1 heterocycles. The molecule has 1 aliphatic rings. The van der Waals surface area contributed by atoms with E-state index in [1.54, 1.807) is 0 Å². The van der Waals surface area contributed by atoms with Crippen LogP contribution in [0.15, 0.2) is 6.07 Å². The maximum absolute atomic E-state index is 4.83. The highest BCUT2D eigenvalue weighted by atomic mass is 15.2. The second kappa shape index (κ2) is 7.07. The molecule has 0 spiro atoms. The Morgan fingerprint density at radius 3 is 2.48 bits per heavy atom. The summed E-state index contributed by atoms with van der Waals surface area (Å²) in [5.74, 6) is 4.19. The highest BCUT2D eigenvalue weighted by Gasteiger charge is 2.28. The molecule has 1 aliphatic carbocycles. The summed E-state index contributed by atoms with van der Waals surface area (Å²) in [7, 11) is 6.15. The molecule has 0 atom stereocenters. The summed E-state index contributed by atoms with van der Waals surface area (Å²) in [5, 5.41) is 3.18. The van der Waals surface area contributed by atoms with Gasteiger partial charge in [-0.15, -0.1) is 0 Å². The molecule has 1 aromatic rings. The molecule has 0 bridgehead atoms. The molecule has 0 unspecified atom stereocenters. The molecule has 1 fully saturated rings. The van der Waals surface area contributed by atoms with Gasteiger partial charge in [-0.05, 0) is 32.9 Å². The van der Waals surface area contributed by atoms with Crippen LogP contribution in [-0.4, -0.2) is 55.6 Å². The van der Waals surface area contributed by atoms with Crippen LogP contribution >= 0.6 is 0 Å². The van der Waals surface area contributed by atoms with Crippen molar-refractivity contribution in [2.75, 3.05) is 51.0 Å². The number of rotatable bonds is 8. The lowest BCUT2D eigenvalue weighted by Gasteiger charge is -2.27. The highest BCUT2D eigenvalue weighted by Crippen LogP contribution is 2.39. The smallest absolute Gasteiger partial charge is 0.136 e. The highest BCUT2D eigenvalue weighted by molar-refractivity contribution is 5.49. The van der Waals surface area contributed by atoms with Crippen LogP contribution in [0.25, 0.3) is 0 Å². The molecule has 0 saturated heterocycles. The topological polar surface area (TPSA) is 44.3 Å². The molecule has 0 aromatic carbocycles. The van der Waals surface area contributed by atoms with E-state index < -0.39 is 0 Å². The number of nitrogens with one attached hydrogen (secondary N) is 1. The molecule has 2 rings (SSSR count). The van der Waals surface area contributed by atoms with E-state index >= 15 is 0 Å². The Balaban J connectivity index is 2.21. The number of nitrogens with zero attached hydrogens (tertiary/aromatic N) is 4. The standard InChI is InChI=1S/C16H29N5/c1-12(2)11-21(9-8-20(4)5)15-10-14(17-3)18-16(19-15)13-6-7-13/h10,12-13H,6-9,11H2,1-5H3,(H,17,18,19). The summed E-state index contributed by atoms with van der Waals surface area (Å²) in [6, 6.07) is 2.07. The molecule has 1 aromatic heterocycles. The zero-order valence-corrected chi connectivity index (χ0v) is 14.1. The van der Waals surface area contributed by atoms with Crippen LogP contribution in [0.1, 0.15) is 38.4 Å². The van der Waals surface area contributed by atoms with Crippen molar-refractivity contribution >= 4 is 11.6 Å². The monoisotopic (exact) mass is 291 g/mol. The van der Waals surface area contributed by atoms with Gasteiger partial charge >= 0.3 is 0 Å². The summed E-state index contributed by atoms with van der Waals surface area (Å²) in [6.45, 7) is 7.56. The van der Waals surface area contributed by atoms with Crippen LogP contribution in [0, 0.1) is 5.92 Å². The number of hydrogen-bond donors (Lipinski definition) is 1. The van der Waals surface area contributed by atoms with Gasteiger partial charge in [0.05, 0.1) is 0 Å². The summed E-state index contributed by atoms with van der Waals surface area (Å²) in [6.07, 6.45) is 2.46. The van der Waals surface area contributed by atoms with Gasteiger partial charge in [-0.3, -0.25) is 0 Å². The van der Waals surface area contributed by atoms with Crippen molar-refractivity contribution in [2.24, 2.45) is 5.92 Å². The average Bonchev–Trinajstić information content (AvgIpc) is 3.26. The van der Waals surface area contributed by atoms with Crippen molar-refractivity contribution in [1.29, 1.82) is 0 Å². The minimum Gasteiger partial charge on any atom is -0.373 e. The van der Waals surface area contributed by atoms with E-state index in [1.807, 2.05) is 7.05 Å². The Hall–Kier alpha value is -1.36. The SMILES string of the molecule is CNc1cc(N(CCN(C)C)CC(C)C)nc(C2CC2)n1. The van der Waals surface area contributed by atoms with Crippen molar-refractivity contribution in [3.8, 4) is 0 Å². The minimum absolute atomic E-state index is 0.576. The van der Waals surface area contributed by atoms with E-state index in [2.05, 4.69) is 54.1 Å². The molecule has 5 nitrogen and oxygen atoms in total. The van der Waals surface area contributed by atoms with Gasteiger partial charge in [-0.25, -0.2) is 9.97 Å². The lowest BCUT2D eigenvalue weighted by atomic mass is 10.2. The van der Waals surface area contributed by atoms with Crippen LogP contribution < -0.4 is 10.2 Å². The van der Waals surface area contributed by atoms with E-state index in [0.717, 1.165) is 37.1 Å². The molecule has 21 heavy (non-hydrogen) atoms. The van der Waals surface area contributed by atoms with Crippen molar-refractivity contribution in [3.63, 3.8) is 0 Å². The molecule has 0 radical (unpaired) electrons. The summed E-state index contributed by atoms with van der Waals surface area (Å²) in [4.78, 5) is 14.0. The zero-order valence-electron chi connectivity index (χ0n) is 14.1. The third kappa shape index (κ3) is 4.84. The fourth-order valence-electron chi connectivity index (χ4n) is 2.33. The number of likely N-dealkylation sites (N-methyl/N-ethyl adjacent to an activating group) is 1. The lowest BCUT2D eigenvalue weighted by molar-refractivity contribution is 0.408. The van der Waals surface area contributed by atoms with E-state index in [1.165, 1.54) is 12.8 Å². The van der Waals surface area contributed by atoms with Gasteiger partial charge in [0, 0.05) is 38.7 Å². The third-order valence-corrected chi connectivity index (χ3v) is 3.66. The Bertz CT molecular complexity index is 454. The van der Waals surface area contributed by atoms with E-state index in [9.17, 15) is 0 Å². The van der Waals surface area contributed by atoms with E-state index in [0.29, 0.717) is 11.8 Å². The first-order valence-electron chi connectivity index (χ1n) is 7.96. The Morgan fingerprint density at radius 2 is 1.95 bits per heavy atom. The maximum Gasteiger partial charge on any atom is 0.136 e. The molecule has 1 N–H and O–H groups in total. The molecule has 0 amide bonds. The van der Waals surface area contributed by atoms with E-state index in [-0.39, 0.29) is 0 Å². The third-order valence-electron chi connectivity index (χ3n) is 3.66. The first-order valence-corrected chi connectivity index (χ1v) is 7.96. The van der Waals surface area contributed by atoms with E-state index in [4.69, 9.17) is 4.98 Å². The summed E-state index contributed by atoms with van der Waals surface area (Å²) in [5.41, 5.74) is 0. The van der Waals surface area contributed by atoms with Gasteiger partial charge in [0.15, 0.2) is 0 Å². The second-order valence-corrected chi connectivity index (χ2v) is 6.64. The van der Waals surface area contributed by atoms with Gasteiger partial charge in [0.2, 0.25) is 0 Å². The van der Waals surface area contributed by atoms with Crippen molar-refractivity contribution in [1.82, 2.24) is 14.9 Å². The van der Waals surface area contributed by atoms with Crippen molar-refractivity contribution in [2.45, 2.75) is 32.6 Å². The number of anilines is 2. The molecular weight excluding hydrogens is 262 g/mol. The fourth-order valence-corrected chi connectivity index (χ4v) is 2.33. The minimum atomic E-state index is 0.576. The fraction of sp³-hybridized carbons (Fsp3) is 0.750. The Kier molecular flexibility index (Phi) is 5.39. The summed E-state index contributed by atoms with van der Waals surface area (Å²) < 4.78 is 0. The van der Waals surface area contributed by atoms with Crippen LogP contribution in [0.3, 0.4) is 0 Å². The molecule has 1 saturated carbocycles. The van der Waals surface area contributed by atoms with Crippen LogP contribution in [0.4, 0.5) is 11.6 Å². The quantitative estimate of drug-likeness (QED) is 0.797. The van der Waals surface area contributed by atoms with Crippen LogP contribution in [-0.2, 0) is 0 Å². The molecule has 118 valence electrons. The van der Waals surface area contributed by atoms with Gasteiger partial charge in [-0.2, -0.15) is 0 Å². The van der Waals surface area contributed by atoms with Gasteiger partial charge in [0.25, 0.3) is 0 Å². The Labute approximate surface area is 128 Å². The lowest BCUT2D eigenvalue weighted by Crippen LogP contribution is -2.35. The summed E-state index contributed by atoms with van der Waals surface area (Å²) >= 11 is 0. The number of hydrogen-bond acceptors (Lipinski definition) is 5. The van der Waals surface area contributed by atoms with Gasteiger partial charge in [0.1, 0.15) is 17.5 Å². The largest absolute Gasteiger partial charge is 0.373 e. The first-order chi connectivity index (χ1) is 9.99. The number of aromatic nitrogens is 2. The Morgan fingerprint density at radius 1 is 1.24 bits per heavy atom. The van der Waals surface area contributed by atoms with Crippen LogP contribution in [0.5, 0.6) is 0 Å². The second-order valence-electron chi connectivity index (χ2n) is 6.64. The van der Waals surface area contributed by atoms with Crippen LogP contribution in [0.2, 0.25) is 0 Å². The average molecular weight is 291 g/mol. The molecule has 0 aliphatic heterocycles. The first kappa shape index (κ1) is 16.0. The predicted octanol–water partition coefficient (Wildman–Crippen LogP) is 2.42. The van der Waals surface area contributed by atoms with Crippen molar-refractivity contribution < 1.29 is 0 Å². The molecule has 5 heteroatoms. The maximum atomic E-state index is 4.83. The predicted molar refractivity (Wildman–Crippen MR) is 89.2 cm³/mol. The van der Waals surface area contributed by atoms with Gasteiger partial charge in [-0.1, -0.05) is 13.8 Å². The normalized spacial score (nSPS) is 14.8. The van der Waals surface area contributed by atoms with Gasteiger partial charge < -0.3 is 15.1 Å². The van der Waals surface area contributed by atoms with Crippen molar-refractivity contribution in [3.05, 3.63) is 11.9 Å². The zero-order chi connectivity index (χ0) is 15.4. The molecular formula is C16H29N5.